The van der Waals surface area contributed by atoms with Gasteiger partial charge >= 0.3 is 6.18 Å². The van der Waals surface area contributed by atoms with Crippen molar-refractivity contribution >= 4 is 17.3 Å². The Labute approximate surface area is 173 Å². The zero-order valence-electron chi connectivity index (χ0n) is 17.1. The van der Waals surface area contributed by atoms with Crippen molar-refractivity contribution in [2.75, 3.05) is 57.7 Å². The maximum atomic E-state index is 13.3. The van der Waals surface area contributed by atoms with Crippen molar-refractivity contribution in [3.05, 3.63) is 47.5 Å². The Balaban J connectivity index is 1.93. The standard InChI is InChI=1S/C21H24F3N3O3/c1-26-8-10-27(11-9-26)17-6-5-15(21(22,23)24)13-16(17)25-20(28)14-4-7-18(29-2)19(12-14)30-3/h4-7,12-13H,8-11H2,1-3H3,(H,25,28)/p+1. The van der Waals surface area contributed by atoms with Crippen LogP contribution in [-0.4, -0.2) is 53.4 Å². The first kappa shape index (κ1) is 21.8. The second kappa shape index (κ2) is 8.83. The van der Waals surface area contributed by atoms with Crippen LogP contribution in [0.1, 0.15) is 15.9 Å². The number of carbonyl (C=O) groups excluding carboxylic acids is 1. The lowest BCUT2D eigenvalue weighted by molar-refractivity contribution is -0.880. The third-order valence-corrected chi connectivity index (χ3v) is 5.18. The van der Waals surface area contributed by atoms with Gasteiger partial charge in [0.15, 0.2) is 11.5 Å². The molecule has 1 heterocycles. The van der Waals surface area contributed by atoms with Crippen LogP contribution >= 0.6 is 0 Å². The minimum atomic E-state index is -4.51. The van der Waals surface area contributed by atoms with E-state index >= 15 is 0 Å². The van der Waals surface area contributed by atoms with Crippen molar-refractivity contribution < 1.29 is 32.3 Å². The smallest absolute Gasteiger partial charge is 0.416 e. The highest BCUT2D eigenvalue weighted by Gasteiger charge is 2.32. The molecular formula is C21H25F3N3O3+. The minimum Gasteiger partial charge on any atom is -0.493 e. The number of hydrogen-bond acceptors (Lipinski definition) is 4. The van der Waals surface area contributed by atoms with Gasteiger partial charge in [0.1, 0.15) is 0 Å². The summed E-state index contributed by atoms with van der Waals surface area (Å²) in [6.45, 7) is 3.11. The topological polar surface area (TPSA) is 55.2 Å². The predicted octanol–water partition coefficient (Wildman–Crippen LogP) is 2.31. The number of ether oxygens (including phenoxy) is 2. The van der Waals surface area contributed by atoms with Crippen molar-refractivity contribution in [2.24, 2.45) is 0 Å². The lowest BCUT2D eigenvalue weighted by Crippen LogP contribution is -3.12. The Morgan fingerprint density at radius 1 is 1.03 bits per heavy atom. The molecule has 0 saturated carbocycles. The van der Waals surface area contributed by atoms with Crippen molar-refractivity contribution in [2.45, 2.75) is 6.18 Å². The molecule has 0 atom stereocenters. The van der Waals surface area contributed by atoms with Gasteiger partial charge in [-0.1, -0.05) is 0 Å². The van der Waals surface area contributed by atoms with Gasteiger partial charge in [-0.2, -0.15) is 13.2 Å². The van der Waals surface area contributed by atoms with Crippen LogP contribution in [0.15, 0.2) is 36.4 Å². The van der Waals surface area contributed by atoms with Crippen molar-refractivity contribution in [3.8, 4) is 11.5 Å². The molecule has 9 heteroatoms. The van der Waals surface area contributed by atoms with E-state index in [2.05, 4.69) is 12.4 Å². The van der Waals surface area contributed by atoms with Crippen LogP contribution in [0, 0.1) is 0 Å². The molecule has 0 unspecified atom stereocenters. The number of carbonyl (C=O) groups is 1. The highest BCUT2D eigenvalue weighted by Crippen LogP contribution is 2.36. The molecule has 1 aliphatic heterocycles. The number of nitrogens with zero attached hydrogens (tertiary/aromatic N) is 1. The average molecular weight is 424 g/mol. The van der Waals surface area contributed by atoms with Gasteiger partial charge in [0.2, 0.25) is 0 Å². The van der Waals surface area contributed by atoms with Gasteiger partial charge in [-0.15, -0.1) is 0 Å². The maximum absolute atomic E-state index is 13.3. The number of quaternary nitrogens is 1. The number of likely N-dealkylation sites (N-methyl/N-ethyl adjacent to an activating group) is 1. The Hall–Kier alpha value is -2.94. The molecule has 1 amide bonds. The lowest BCUT2D eigenvalue weighted by atomic mass is 10.1. The number of anilines is 2. The number of alkyl halides is 3. The molecule has 162 valence electrons. The number of nitrogens with one attached hydrogen (secondary N) is 2. The molecule has 30 heavy (non-hydrogen) atoms. The molecule has 2 aromatic rings. The van der Waals surface area contributed by atoms with Crippen molar-refractivity contribution in [1.29, 1.82) is 0 Å². The Bertz CT molecular complexity index is 910. The monoisotopic (exact) mass is 424 g/mol. The normalized spacial score (nSPS) is 15.1. The van der Waals surface area contributed by atoms with Gasteiger partial charge in [0.05, 0.1) is 64.4 Å². The molecule has 2 N–H and O–H groups in total. The number of piperazine rings is 1. The fraction of sp³-hybridized carbons (Fsp3) is 0.381. The van der Waals surface area contributed by atoms with Crippen molar-refractivity contribution in [3.63, 3.8) is 0 Å². The molecule has 3 rings (SSSR count). The van der Waals surface area contributed by atoms with Crippen LogP contribution in [0.3, 0.4) is 0 Å². The largest absolute Gasteiger partial charge is 0.493 e. The number of benzene rings is 2. The summed E-state index contributed by atoms with van der Waals surface area (Å²) in [5.41, 5.74) is 0.140. The van der Waals surface area contributed by atoms with E-state index < -0.39 is 17.6 Å². The molecule has 1 fully saturated rings. The van der Waals surface area contributed by atoms with E-state index in [4.69, 9.17) is 9.47 Å². The quantitative estimate of drug-likeness (QED) is 0.774. The molecule has 0 aliphatic carbocycles. The number of methoxy groups -OCH3 is 2. The maximum Gasteiger partial charge on any atom is 0.416 e. The first-order chi connectivity index (χ1) is 14.2. The lowest BCUT2D eigenvalue weighted by Gasteiger charge is -2.33. The van der Waals surface area contributed by atoms with Crippen molar-refractivity contribution in [1.82, 2.24) is 0 Å². The summed E-state index contributed by atoms with van der Waals surface area (Å²) in [5.74, 6) is 0.279. The number of amides is 1. The van der Waals surface area contributed by atoms with E-state index in [0.717, 1.165) is 25.2 Å². The van der Waals surface area contributed by atoms with E-state index in [1.165, 1.54) is 37.3 Å². The van der Waals surface area contributed by atoms with Gasteiger partial charge in [-0.05, 0) is 36.4 Å². The second-order valence-electron chi connectivity index (χ2n) is 7.20. The Morgan fingerprint density at radius 2 is 1.70 bits per heavy atom. The molecule has 0 aromatic heterocycles. The molecule has 2 aromatic carbocycles. The SMILES string of the molecule is COc1ccc(C(=O)Nc2cc(C(F)(F)F)ccc2N2CC[NH+](C)CC2)cc1OC. The third-order valence-electron chi connectivity index (χ3n) is 5.18. The minimum absolute atomic E-state index is 0.129. The number of halogens is 3. The fourth-order valence-corrected chi connectivity index (χ4v) is 3.39. The second-order valence-corrected chi connectivity index (χ2v) is 7.20. The molecule has 0 radical (unpaired) electrons. The predicted molar refractivity (Wildman–Crippen MR) is 108 cm³/mol. The van der Waals surface area contributed by atoms with E-state index in [9.17, 15) is 18.0 Å². The molecule has 1 aliphatic rings. The van der Waals surface area contributed by atoms with Gasteiger partial charge in [0.25, 0.3) is 5.91 Å². The van der Waals surface area contributed by atoms with E-state index in [1.54, 1.807) is 6.07 Å². The molecule has 1 saturated heterocycles. The summed E-state index contributed by atoms with van der Waals surface area (Å²) in [4.78, 5) is 16.2. The van der Waals surface area contributed by atoms with Crippen LogP contribution in [0.2, 0.25) is 0 Å². The Morgan fingerprint density at radius 3 is 2.30 bits per heavy atom. The number of hydrogen-bond donors (Lipinski definition) is 2. The van der Waals surface area contributed by atoms with Crippen LogP contribution < -0.4 is 24.6 Å². The third kappa shape index (κ3) is 4.79. The van der Waals surface area contributed by atoms with Gasteiger partial charge < -0.3 is 24.6 Å². The average Bonchev–Trinajstić information content (AvgIpc) is 2.73. The molecule has 0 bridgehead atoms. The first-order valence-electron chi connectivity index (χ1n) is 9.54. The summed E-state index contributed by atoms with van der Waals surface area (Å²) in [5, 5.41) is 2.65. The van der Waals surface area contributed by atoms with Gasteiger partial charge in [-0.3, -0.25) is 4.79 Å². The van der Waals surface area contributed by atoms with E-state index in [1.807, 2.05) is 4.90 Å². The number of rotatable bonds is 5. The first-order valence-corrected chi connectivity index (χ1v) is 9.54. The Kier molecular flexibility index (Phi) is 6.40. The highest BCUT2D eigenvalue weighted by atomic mass is 19.4. The molecular weight excluding hydrogens is 399 g/mol. The van der Waals surface area contributed by atoms with Crippen LogP contribution in [-0.2, 0) is 6.18 Å². The van der Waals surface area contributed by atoms with Gasteiger partial charge in [0, 0.05) is 5.56 Å². The molecule has 0 spiro atoms. The fourth-order valence-electron chi connectivity index (χ4n) is 3.39. The summed E-state index contributed by atoms with van der Waals surface area (Å²) < 4.78 is 50.2. The summed E-state index contributed by atoms with van der Waals surface area (Å²) in [6, 6.07) is 8.05. The molecule has 6 nitrogen and oxygen atoms in total. The van der Waals surface area contributed by atoms with Gasteiger partial charge in [-0.25, -0.2) is 0 Å². The van der Waals surface area contributed by atoms with Crippen LogP contribution in [0.25, 0.3) is 0 Å². The zero-order chi connectivity index (χ0) is 21.9. The highest BCUT2D eigenvalue weighted by molar-refractivity contribution is 6.06. The summed E-state index contributed by atoms with van der Waals surface area (Å²) in [6.07, 6.45) is -4.51. The zero-order valence-corrected chi connectivity index (χ0v) is 17.1. The summed E-state index contributed by atoms with van der Waals surface area (Å²) in [7, 11) is 4.99. The van der Waals surface area contributed by atoms with E-state index in [0.29, 0.717) is 30.3 Å². The van der Waals surface area contributed by atoms with Crippen LogP contribution in [0.5, 0.6) is 11.5 Å². The summed E-state index contributed by atoms with van der Waals surface area (Å²) >= 11 is 0. The van der Waals surface area contributed by atoms with Crippen LogP contribution in [0.4, 0.5) is 24.5 Å². The van der Waals surface area contributed by atoms with E-state index in [-0.39, 0.29) is 11.3 Å².